The summed E-state index contributed by atoms with van der Waals surface area (Å²) in [6.07, 6.45) is 0. The topological polar surface area (TPSA) is 75.8 Å². The highest BCUT2D eigenvalue weighted by atomic mass is 16.5. The van der Waals surface area contributed by atoms with Crippen molar-refractivity contribution in [1.82, 2.24) is 4.98 Å². The van der Waals surface area contributed by atoms with Gasteiger partial charge in [0.1, 0.15) is 11.6 Å². The molecule has 1 aromatic heterocycles. The molecule has 0 unspecified atom stereocenters. The predicted molar refractivity (Wildman–Crippen MR) is 108 cm³/mol. The van der Waals surface area contributed by atoms with Crippen molar-refractivity contribution in [2.75, 3.05) is 31.4 Å². The van der Waals surface area contributed by atoms with E-state index in [0.29, 0.717) is 12.5 Å². The van der Waals surface area contributed by atoms with E-state index in [4.69, 9.17) is 10.5 Å². The molecule has 2 aromatic carbocycles. The number of aromatic nitrogens is 1. The number of guanidine groups is 1. The smallest absolute Gasteiger partial charge is 0.193 e. The number of anilines is 2. The van der Waals surface area contributed by atoms with Crippen LogP contribution in [0.3, 0.4) is 0 Å². The Kier molecular flexibility index (Phi) is 5.22. The second-order valence-electron chi connectivity index (χ2n) is 6.11. The summed E-state index contributed by atoms with van der Waals surface area (Å²) < 4.78 is 5.22. The molecule has 0 aliphatic carbocycles. The van der Waals surface area contributed by atoms with E-state index < -0.39 is 0 Å². The van der Waals surface area contributed by atoms with Crippen LogP contribution in [0.1, 0.15) is 5.56 Å². The van der Waals surface area contributed by atoms with Crippen molar-refractivity contribution in [3.8, 4) is 5.75 Å². The average molecular weight is 349 g/mol. The third kappa shape index (κ3) is 4.03. The van der Waals surface area contributed by atoms with Gasteiger partial charge in [-0.3, -0.25) is 0 Å². The molecular weight excluding hydrogens is 326 g/mol. The van der Waals surface area contributed by atoms with Crippen molar-refractivity contribution in [1.29, 1.82) is 0 Å². The maximum Gasteiger partial charge on any atom is 0.193 e. The summed E-state index contributed by atoms with van der Waals surface area (Å²) in [5, 5.41) is 4.17. The molecule has 3 aromatic rings. The van der Waals surface area contributed by atoms with Gasteiger partial charge in [-0.1, -0.05) is 24.3 Å². The molecule has 6 heteroatoms. The minimum atomic E-state index is 0.352. The molecule has 3 rings (SSSR count). The van der Waals surface area contributed by atoms with Gasteiger partial charge < -0.3 is 20.7 Å². The lowest BCUT2D eigenvalue weighted by molar-refractivity contribution is 0.415. The molecule has 0 radical (unpaired) electrons. The van der Waals surface area contributed by atoms with Gasteiger partial charge in [0, 0.05) is 31.2 Å². The van der Waals surface area contributed by atoms with E-state index in [1.54, 1.807) is 7.11 Å². The number of hydrogen-bond donors (Lipinski definition) is 2. The first kappa shape index (κ1) is 17.5. The number of nitrogens with zero attached hydrogens (tertiary/aromatic N) is 3. The average Bonchev–Trinajstić information content (AvgIpc) is 2.66. The number of aliphatic imine (C=N–C) groups is 1. The Morgan fingerprint density at radius 3 is 2.73 bits per heavy atom. The molecule has 0 atom stereocenters. The molecule has 0 fully saturated rings. The van der Waals surface area contributed by atoms with Gasteiger partial charge in [0.25, 0.3) is 0 Å². The number of hydrogen-bond acceptors (Lipinski definition) is 4. The Bertz CT molecular complexity index is 936. The standard InChI is InChI=1S/C20H23N5O/c1-25(2)19-11-14(17-9-4-5-10-18(17)24-19)13-22-20(21)23-15-7-6-8-16(12-15)26-3/h4-12H,13H2,1-3H3,(H3,21,22,23). The number of ether oxygens (including phenoxy) is 1. The van der Waals surface area contributed by atoms with Gasteiger partial charge in [0.05, 0.1) is 19.2 Å². The summed E-state index contributed by atoms with van der Waals surface area (Å²) in [5.41, 5.74) is 8.92. The van der Waals surface area contributed by atoms with Crippen LogP contribution >= 0.6 is 0 Å². The van der Waals surface area contributed by atoms with E-state index in [1.807, 2.05) is 67.5 Å². The quantitative estimate of drug-likeness (QED) is 0.546. The monoisotopic (exact) mass is 349 g/mol. The van der Waals surface area contributed by atoms with Gasteiger partial charge in [-0.2, -0.15) is 0 Å². The van der Waals surface area contributed by atoms with Crippen molar-refractivity contribution in [3.05, 3.63) is 60.2 Å². The van der Waals surface area contributed by atoms with Gasteiger partial charge in [-0.05, 0) is 29.8 Å². The minimum Gasteiger partial charge on any atom is -0.497 e. The predicted octanol–water partition coefficient (Wildman–Crippen LogP) is 3.24. The molecule has 0 saturated carbocycles. The molecular formula is C20H23N5O. The van der Waals surface area contributed by atoms with E-state index >= 15 is 0 Å². The number of pyridine rings is 1. The van der Waals surface area contributed by atoms with Gasteiger partial charge in [0.2, 0.25) is 0 Å². The second-order valence-corrected chi connectivity index (χ2v) is 6.11. The van der Waals surface area contributed by atoms with Gasteiger partial charge in [-0.25, -0.2) is 9.98 Å². The fourth-order valence-electron chi connectivity index (χ4n) is 2.65. The highest BCUT2D eigenvalue weighted by Gasteiger charge is 2.07. The lowest BCUT2D eigenvalue weighted by Gasteiger charge is -2.14. The van der Waals surface area contributed by atoms with Crippen LogP contribution in [0.15, 0.2) is 59.6 Å². The Balaban J connectivity index is 1.84. The number of methoxy groups -OCH3 is 1. The van der Waals surface area contributed by atoms with Crippen LogP contribution in [0, 0.1) is 0 Å². The number of benzene rings is 2. The van der Waals surface area contributed by atoms with Crippen LogP contribution < -0.4 is 20.7 Å². The molecule has 134 valence electrons. The summed E-state index contributed by atoms with van der Waals surface area (Å²) in [7, 11) is 5.58. The fourth-order valence-corrected chi connectivity index (χ4v) is 2.65. The number of nitrogens with two attached hydrogens (primary N) is 1. The van der Waals surface area contributed by atoms with Gasteiger partial charge >= 0.3 is 0 Å². The Morgan fingerprint density at radius 2 is 1.96 bits per heavy atom. The van der Waals surface area contributed by atoms with Crippen LogP contribution in [0.5, 0.6) is 5.75 Å². The summed E-state index contributed by atoms with van der Waals surface area (Å²) in [6, 6.07) is 17.7. The molecule has 0 amide bonds. The SMILES string of the molecule is COc1cccc(NC(N)=NCc2cc(N(C)C)nc3ccccc23)c1. The van der Waals surface area contributed by atoms with Crippen LogP contribution in [0.4, 0.5) is 11.5 Å². The number of para-hydroxylation sites is 1. The molecule has 0 aliphatic rings. The summed E-state index contributed by atoms with van der Waals surface area (Å²) in [5.74, 6) is 2.01. The zero-order valence-electron chi connectivity index (χ0n) is 15.2. The largest absolute Gasteiger partial charge is 0.497 e. The summed E-state index contributed by atoms with van der Waals surface area (Å²) >= 11 is 0. The second kappa shape index (κ2) is 7.74. The Hall–Kier alpha value is -3.28. The molecule has 0 bridgehead atoms. The molecule has 0 saturated heterocycles. The minimum absolute atomic E-state index is 0.352. The van der Waals surface area contributed by atoms with Crippen LogP contribution in [0.2, 0.25) is 0 Å². The molecule has 26 heavy (non-hydrogen) atoms. The van der Waals surface area contributed by atoms with E-state index in [1.165, 1.54) is 0 Å². The van der Waals surface area contributed by atoms with Crippen molar-refractivity contribution < 1.29 is 4.74 Å². The number of nitrogens with one attached hydrogen (secondary N) is 1. The molecule has 1 heterocycles. The first-order valence-corrected chi connectivity index (χ1v) is 8.34. The van der Waals surface area contributed by atoms with E-state index in [9.17, 15) is 0 Å². The maximum absolute atomic E-state index is 6.06. The third-order valence-electron chi connectivity index (χ3n) is 4.01. The van der Waals surface area contributed by atoms with Gasteiger partial charge in [0.15, 0.2) is 5.96 Å². The van der Waals surface area contributed by atoms with E-state index in [0.717, 1.165) is 33.7 Å². The van der Waals surface area contributed by atoms with Crippen LogP contribution in [-0.2, 0) is 6.54 Å². The lowest BCUT2D eigenvalue weighted by atomic mass is 10.1. The zero-order chi connectivity index (χ0) is 18.5. The van der Waals surface area contributed by atoms with Gasteiger partial charge in [-0.15, -0.1) is 0 Å². The van der Waals surface area contributed by atoms with Crippen molar-refractivity contribution in [3.63, 3.8) is 0 Å². The molecule has 6 nitrogen and oxygen atoms in total. The third-order valence-corrected chi connectivity index (χ3v) is 4.01. The molecule has 0 aliphatic heterocycles. The van der Waals surface area contributed by atoms with E-state index in [2.05, 4.69) is 21.4 Å². The summed E-state index contributed by atoms with van der Waals surface area (Å²) in [6.45, 7) is 0.465. The first-order valence-electron chi connectivity index (χ1n) is 8.34. The lowest BCUT2D eigenvalue weighted by Crippen LogP contribution is -2.22. The van der Waals surface area contributed by atoms with Crippen molar-refractivity contribution in [2.45, 2.75) is 6.54 Å². The number of rotatable bonds is 5. The first-order chi connectivity index (χ1) is 12.6. The maximum atomic E-state index is 6.06. The molecule has 0 spiro atoms. The van der Waals surface area contributed by atoms with Crippen molar-refractivity contribution in [2.24, 2.45) is 10.7 Å². The van der Waals surface area contributed by atoms with Crippen LogP contribution in [0.25, 0.3) is 10.9 Å². The van der Waals surface area contributed by atoms with Crippen LogP contribution in [-0.4, -0.2) is 32.1 Å². The summed E-state index contributed by atoms with van der Waals surface area (Å²) in [4.78, 5) is 11.1. The van der Waals surface area contributed by atoms with Crippen molar-refractivity contribution >= 4 is 28.4 Å². The Morgan fingerprint density at radius 1 is 1.15 bits per heavy atom. The Labute approximate surface area is 153 Å². The normalized spacial score (nSPS) is 11.4. The zero-order valence-corrected chi connectivity index (χ0v) is 15.2. The van der Waals surface area contributed by atoms with E-state index in [-0.39, 0.29) is 0 Å². The fraction of sp³-hybridized carbons (Fsp3) is 0.200. The highest BCUT2D eigenvalue weighted by Crippen LogP contribution is 2.23. The number of fused-ring (bicyclic) bond motifs is 1. The highest BCUT2D eigenvalue weighted by molar-refractivity contribution is 5.92. The molecule has 3 N–H and O–H groups in total.